The van der Waals surface area contributed by atoms with Gasteiger partial charge in [-0.25, -0.2) is 0 Å². The van der Waals surface area contributed by atoms with Crippen molar-refractivity contribution in [3.63, 3.8) is 0 Å². The molecule has 88 valence electrons. The fourth-order valence-corrected chi connectivity index (χ4v) is 2.20. The average Bonchev–Trinajstić information content (AvgIpc) is 2.27. The number of rotatable bonds is 5. The van der Waals surface area contributed by atoms with Crippen LogP contribution in [0, 0.1) is 5.92 Å². The third-order valence-corrected chi connectivity index (χ3v) is 3.15. The number of hydrogen-bond donors (Lipinski definition) is 1. The number of piperidine rings is 1. The second-order valence-corrected chi connectivity index (χ2v) is 4.48. The minimum Gasteiger partial charge on any atom is -0.466 e. The number of nitrogens with two attached hydrogens (primary N) is 1. The Morgan fingerprint density at radius 3 is 2.73 bits per heavy atom. The van der Waals surface area contributed by atoms with E-state index in [1.807, 2.05) is 6.92 Å². The average molecular weight is 232 g/mol. The van der Waals surface area contributed by atoms with Crippen LogP contribution in [0.4, 0.5) is 0 Å². The molecular weight excluding hydrogens is 212 g/mol. The molecule has 0 bridgehead atoms. The van der Waals surface area contributed by atoms with Crippen molar-refractivity contribution < 1.29 is 9.53 Å². The summed E-state index contributed by atoms with van der Waals surface area (Å²) in [5.41, 5.74) is 0. The molecule has 0 radical (unpaired) electrons. The zero-order chi connectivity index (χ0) is 11.1. The number of nitrogens with zero attached hydrogens (tertiary/aromatic N) is 1. The number of carbonyl (C=O) groups excluding carboxylic acids is 1. The standard InChI is InChI=1S/C10H20N2O2S/c1-2-14-10(13)9-3-5-12(6-4-9)7-8-15-11/h9H,2-8,11H2,1H3. The number of hydrogen-bond acceptors (Lipinski definition) is 5. The van der Waals surface area contributed by atoms with E-state index in [2.05, 4.69) is 4.90 Å². The Bertz CT molecular complexity index is 194. The third-order valence-electron chi connectivity index (χ3n) is 2.73. The lowest BCUT2D eigenvalue weighted by atomic mass is 9.97. The van der Waals surface area contributed by atoms with Gasteiger partial charge in [0.15, 0.2) is 0 Å². The lowest BCUT2D eigenvalue weighted by Crippen LogP contribution is -2.38. The molecule has 2 N–H and O–H groups in total. The molecule has 0 aromatic heterocycles. The number of ether oxygens (including phenoxy) is 1. The molecule has 1 aliphatic heterocycles. The molecule has 0 atom stereocenters. The van der Waals surface area contributed by atoms with Crippen molar-refractivity contribution >= 4 is 17.9 Å². The summed E-state index contributed by atoms with van der Waals surface area (Å²) in [7, 11) is 0. The summed E-state index contributed by atoms with van der Waals surface area (Å²) >= 11 is 1.38. The number of likely N-dealkylation sites (tertiary alicyclic amines) is 1. The molecule has 0 aromatic rings. The molecule has 0 amide bonds. The molecule has 5 heteroatoms. The number of carbonyl (C=O) groups is 1. The lowest BCUT2D eigenvalue weighted by Gasteiger charge is -2.30. The molecule has 1 rings (SSSR count). The third kappa shape index (κ3) is 4.40. The van der Waals surface area contributed by atoms with Crippen LogP contribution in [0.15, 0.2) is 0 Å². The molecule has 15 heavy (non-hydrogen) atoms. The van der Waals surface area contributed by atoms with Crippen molar-refractivity contribution in [1.29, 1.82) is 0 Å². The summed E-state index contributed by atoms with van der Waals surface area (Å²) in [4.78, 5) is 13.8. The fourth-order valence-electron chi connectivity index (χ4n) is 1.83. The Hall–Kier alpha value is -0.260. The van der Waals surface area contributed by atoms with Gasteiger partial charge >= 0.3 is 5.97 Å². The van der Waals surface area contributed by atoms with E-state index in [1.165, 1.54) is 11.9 Å². The molecule has 1 aliphatic rings. The Morgan fingerprint density at radius 1 is 1.53 bits per heavy atom. The van der Waals surface area contributed by atoms with Gasteiger partial charge in [-0.2, -0.15) is 0 Å². The van der Waals surface area contributed by atoms with Crippen LogP contribution in [0.5, 0.6) is 0 Å². The van der Waals surface area contributed by atoms with Crippen LogP contribution < -0.4 is 5.14 Å². The molecule has 1 fully saturated rings. The van der Waals surface area contributed by atoms with Gasteiger partial charge in [0, 0.05) is 12.3 Å². The summed E-state index contributed by atoms with van der Waals surface area (Å²) in [5, 5.41) is 5.38. The Balaban J connectivity index is 2.20. The zero-order valence-corrected chi connectivity index (χ0v) is 10.1. The summed E-state index contributed by atoms with van der Waals surface area (Å²) < 4.78 is 5.02. The zero-order valence-electron chi connectivity index (χ0n) is 9.28. The first-order valence-electron chi connectivity index (χ1n) is 5.48. The van der Waals surface area contributed by atoms with E-state index in [0.29, 0.717) is 6.61 Å². The minimum atomic E-state index is -0.0228. The highest BCUT2D eigenvalue weighted by atomic mass is 32.2. The van der Waals surface area contributed by atoms with Crippen molar-refractivity contribution in [2.24, 2.45) is 11.1 Å². The van der Waals surface area contributed by atoms with Gasteiger partial charge in [0.1, 0.15) is 0 Å². The van der Waals surface area contributed by atoms with E-state index in [0.717, 1.165) is 38.2 Å². The van der Waals surface area contributed by atoms with Gasteiger partial charge in [-0.1, -0.05) is 11.9 Å². The fraction of sp³-hybridized carbons (Fsp3) is 0.900. The van der Waals surface area contributed by atoms with E-state index >= 15 is 0 Å². The van der Waals surface area contributed by atoms with Crippen molar-refractivity contribution in [2.45, 2.75) is 19.8 Å². The van der Waals surface area contributed by atoms with Crippen molar-refractivity contribution in [3.05, 3.63) is 0 Å². The van der Waals surface area contributed by atoms with Crippen LogP contribution in [-0.4, -0.2) is 42.9 Å². The molecule has 1 saturated heterocycles. The van der Waals surface area contributed by atoms with Crippen LogP contribution in [0.2, 0.25) is 0 Å². The quantitative estimate of drug-likeness (QED) is 0.563. The van der Waals surface area contributed by atoms with Gasteiger partial charge in [-0.3, -0.25) is 9.93 Å². The van der Waals surface area contributed by atoms with Crippen LogP contribution >= 0.6 is 11.9 Å². The first-order chi connectivity index (χ1) is 7.27. The summed E-state index contributed by atoms with van der Waals surface area (Å²) in [6.45, 7) is 5.35. The van der Waals surface area contributed by atoms with E-state index in [4.69, 9.17) is 9.88 Å². The van der Waals surface area contributed by atoms with Gasteiger partial charge in [0.25, 0.3) is 0 Å². The Kier molecular flexibility index (Phi) is 6.05. The highest BCUT2D eigenvalue weighted by molar-refractivity contribution is 7.97. The van der Waals surface area contributed by atoms with Crippen LogP contribution in [0.25, 0.3) is 0 Å². The normalized spacial score (nSPS) is 19.1. The van der Waals surface area contributed by atoms with E-state index in [9.17, 15) is 4.79 Å². The highest BCUT2D eigenvalue weighted by Gasteiger charge is 2.25. The van der Waals surface area contributed by atoms with Gasteiger partial charge in [-0.05, 0) is 32.9 Å². The smallest absolute Gasteiger partial charge is 0.309 e. The van der Waals surface area contributed by atoms with Crippen molar-refractivity contribution in [3.8, 4) is 0 Å². The SMILES string of the molecule is CCOC(=O)C1CCN(CCSN)CC1. The molecule has 0 aliphatic carbocycles. The van der Waals surface area contributed by atoms with E-state index in [-0.39, 0.29) is 11.9 Å². The van der Waals surface area contributed by atoms with Crippen molar-refractivity contribution in [2.75, 3.05) is 32.0 Å². The molecule has 0 spiro atoms. The predicted molar refractivity (Wildman–Crippen MR) is 62.4 cm³/mol. The Labute approximate surface area is 95.7 Å². The second kappa shape index (κ2) is 7.09. The van der Waals surface area contributed by atoms with Gasteiger partial charge in [0.05, 0.1) is 12.5 Å². The largest absolute Gasteiger partial charge is 0.466 e. The van der Waals surface area contributed by atoms with E-state index in [1.54, 1.807) is 0 Å². The lowest BCUT2D eigenvalue weighted by molar-refractivity contribution is -0.149. The number of esters is 1. The maximum absolute atomic E-state index is 11.5. The monoisotopic (exact) mass is 232 g/mol. The topological polar surface area (TPSA) is 55.6 Å². The summed E-state index contributed by atoms with van der Waals surface area (Å²) in [6.07, 6.45) is 1.85. The first-order valence-corrected chi connectivity index (χ1v) is 6.53. The van der Waals surface area contributed by atoms with Gasteiger partial charge < -0.3 is 9.64 Å². The minimum absolute atomic E-state index is 0.0228. The van der Waals surface area contributed by atoms with Gasteiger partial charge in [0.2, 0.25) is 0 Å². The van der Waals surface area contributed by atoms with Gasteiger partial charge in [-0.15, -0.1) is 0 Å². The molecule has 0 saturated carbocycles. The molecule has 4 nitrogen and oxygen atoms in total. The van der Waals surface area contributed by atoms with Crippen LogP contribution in [0.3, 0.4) is 0 Å². The second-order valence-electron chi connectivity index (χ2n) is 3.74. The first kappa shape index (κ1) is 12.8. The van der Waals surface area contributed by atoms with E-state index < -0.39 is 0 Å². The maximum Gasteiger partial charge on any atom is 0.309 e. The highest BCUT2D eigenvalue weighted by Crippen LogP contribution is 2.18. The molecule has 0 aromatic carbocycles. The molecule has 0 unspecified atom stereocenters. The van der Waals surface area contributed by atoms with Crippen LogP contribution in [-0.2, 0) is 9.53 Å². The summed E-state index contributed by atoms with van der Waals surface area (Å²) in [6, 6.07) is 0. The summed E-state index contributed by atoms with van der Waals surface area (Å²) in [5.74, 6) is 1.06. The Morgan fingerprint density at radius 2 is 2.20 bits per heavy atom. The maximum atomic E-state index is 11.5. The van der Waals surface area contributed by atoms with Crippen molar-refractivity contribution in [1.82, 2.24) is 4.90 Å². The molecule has 1 heterocycles. The molecular formula is C10H20N2O2S. The van der Waals surface area contributed by atoms with Crippen LogP contribution in [0.1, 0.15) is 19.8 Å². The predicted octanol–water partition coefficient (Wildman–Crippen LogP) is 0.868.